The summed E-state index contributed by atoms with van der Waals surface area (Å²) in [6.07, 6.45) is 1.67. The molecule has 4 rings (SSSR count). The van der Waals surface area contributed by atoms with E-state index < -0.39 is 0 Å². The maximum atomic E-state index is 13.5. The number of amides is 3. The molecule has 0 unspecified atom stereocenters. The Morgan fingerprint density at radius 2 is 1.60 bits per heavy atom. The summed E-state index contributed by atoms with van der Waals surface area (Å²) in [4.78, 5) is 28.3. The number of carbonyl (C=O) groups excluding carboxylic acids is 2. The fourth-order valence-corrected chi connectivity index (χ4v) is 4.42. The number of hydrogen-bond acceptors (Lipinski definition) is 4. The van der Waals surface area contributed by atoms with Crippen LogP contribution in [0.3, 0.4) is 0 Å². The number of ether oxygens (including phenoxy) is 1. The van der Waals surface area contributed by atoms with E-state index in [-0.39, 0.29) is 18.5 Å². The summed E-state index contributed by atoms with van der Waals surface area (Å²) >= 11 is 0. The third-order valence-corrected chi connectivity index (χ3v) is 6.48. The monoisotopic (exact) mass is 539 g/mol. The van der Waals surface area contributed by atoms with Crippen molar-refractivity contribution in [2.45, 2.75) is 40.5 Å². The van der Waals surface area contributed by atoms with Crippen LogP contribution in [0, 0.1) is 13.8 Å². The number of rotatable bonds is 11. The van der Waals surface area contributed by atoms with Gasteiger partial charge in [-0.25, -0.2) is 9.48 Å². The number of unbranched alkanes of at least 4 members (excludes halogenated alkanes) is 1. The van der Waals surface area contributed by atoms with Crippen LogP contribution in [0.1, 0.15) is 37.9 Å². The van der Waals surface area contributed by atoms with E-state index in [1.165, 1.54) is 4.90 Å². The SMILES string of the molecule is CCCCN(CC(=O)Nc1c(-c2ccccc2)c(C)nn1-c1ccc(C)cc1)C(=O)Nc1ccc(OCC)cc1. The van der Waals surface area contributed by atoms with Crippen molar-refractivity contribution in [3.05, 3.63) is 90.1 Å². The molecular formula is C32H37N5O3. The minimum absolute atomic E-state index is 0.102. The number of nitrogens with one attached hydrogen (secondary N) is 2. The second-order valence-electron chi connectivity index (χ2n) is 9.63. The lowest BCUT2D eigenvalue weighted by molar-refractivity contribution is -0.116. The number of aryl methyl sites for hydroxylation is 2. The number of hydrogen-bond donors (Lipinski definition) is 2. The van der Waals surface area contributed by atoms with Crippen LogP contribution in [0.15, 0.2) is 78.9 Å². The smallest absolute Gasteiger partial charge is 0.322 e. The van der Waals surface area contributed by atoms with E-state index >= 15 is 0 Å². The quantitative estimate of drug-likeness (QED) is 0.219. The van der Waals surface area contributed by atoms with Gasteiger partial charge in [-0.15, -0.1) is 0 Å². The van der Waals surface area contributed by atoms with Crippen molar-refractivity contribution in [2.75, 3.05) is 30.3 Å². The molecule has 8 heteroatoms. The lowest BCUT2D eigenvalue weighted by Gasteiger charge is -2.23. The molecule has 4 aromatic rings. The van der Waals surface area contributed by atoms with Gasteiger partial charge in [0.05, 0.1) is 18.0 Å². The maximum Gasteiger partial charge on any atom is 0.322 e. The van der Waals surface area contributed by atoms with Gasteiger partial charge in [-0.3, -0.25) is 4.79 Å². The van der Waals surface area contributed by atoms with Gasteiger partial charge >= 0.3 is 6.03 Å². The minimum atomic E-state index is -0.334. The van der Waals surface area contributed by atoms with Crippen molar-refractivity contribution in [3.8, 4) is 22.6 Å². The Kier molecular flexibility index (Phi) is 9.57. The Balaban J connectivity index is 1.58. The predicted octanol–water partition coefficient (Wildman–Crippen LogP) is 6.83. The van der Waals surface area contributed by atoms with E-state index in [0.717, 1.165) is 46.7 Å². The molecule has 1 heterocycles. The van der Waals surface area contributed by atoms with E-state index in [0.29, 0.717) is 24.7 Å². The number of benzene rings is 3. The Morgan fingerprint density at radius 1 is 0.900 bits per heavy atom. The van der Waals surface area contributed by atoms with Gasteiger partial charge in [0.1, 0.15) is 18.1 Å². The van der Waals surface area contributed by atoms with Crippen LogP contribution in [0.2, 0.25) is 0 Å². The van der Waals surface area contributed by atoms with Crippen molar-refractivity contribution >= 4 is 23.4 Å². The topological polar surface area (TPSA) is 88.5 Å². The Hall–Kier alpha value is -4.59. The molecule has 0 aliphatic rings. The van der Waals surface area contributed by atoms with Gasteiger partial charge in [-0.05, 0) is 69.2 Å². The number of aromatic nitrogens is 2. The van der Waals surface area contributed by atoms with Gasteiger partial charge in [0.2, 0.25) is 5.91 Å². The highest BCUT2D eigenvalue weighted by molar-refractivity contribution is 5.99. The van der Waals surface area contributed by atoms with Crippen LogP contribution < -0.4 is 15.4 Å². The van der Waals surface area contributed by atoms with Crippen LogP contribution in [0.4, 0.5) is 16.3 Å². The number of anilines is 2. The van der Waals surface area contributed by atoms with Gasteiger partial charge in [0, 0.05) is 17.8 Å². The van der Waals surface area contributed by atoms with Crippen LogP contribution in [-0.2, 0) is 4.79 Å². The van der Waals surface area contributed by atoms with E-state index in [2.05, 4.69) is 17.6 Å². The third-order valence-electron chi connectivity index (χ3n) is 6.48. The molecule has 3 aromatic carbocycles. The number of urea groups is 1. The average molecular weight is 540 g/mol. The molecule has 0 atom stereocenters. The molecule has 0 radical (unpaired) electrons. The Bertz CT molecular complexity index is 1410. The Labute approximate surface area is 236 Å². The molecule has 0 aliphatic heterocycles. The molecule has 40 heavy (non-hydrogen) atoms. The highest BCUT2D eigenvalue weighted by atomic mass is 16.5. The van der Waals surface area contributed by atoms with E-state index in [9.17, 15) is 9.59 Å². The average Bonchev–Trinajstić information content (AvgIpc) is 3.28. The summed E-state index contributed by atoms with van der Waals surface area (Å²) in [5.74, 6) is 1.00. The standard InChI is InChI=1S/C32H37N5O3/c1-5-7-21-36(32(39)33-26-15-19-28(20-16-26)40-6-2)22-29(38)34-31-30(25-11-9-8-10-12-25)24(4)35-37(31)27-17-13-23(3)14-18-27/h8-20H,5-7,21-22H2,1-4H3,(H,33,39)(H,34,38). The summed E-state index contributed by atoms with van der Waals surface area (Å²) in [5.41, 5.74) is 5.18. The maximum absolute atomic E-state index is 13.5. The first-order chi connectivity index (χ1) is 19.4. The van der Waals surface area contributed by atoms with Crippen LogP contribution in [0.25, 0.3) is 16.8 Å². The van der Waals surface area contributed by atoms with Gasteiger partial charge in [0.15, 0.2) is 0 Å². The molecule has 2 N–H and O–H groups in total. The summed E-state index contributed by atoms with van der Waals surface area (Å²) in [6, 6.07) is 24.7. The van der Waals surface area contributed by atoms with Gasteiger partial charge in [0.25, 0.3) is 0 Å². The lowest BCUT2D eigenvalue weighted by atomic mass is 10.1. The minimum Gasteiger partial charge on any atom is -0.494 e. The van der Waals surface area contributed by atoms with Crippen molar-refractivity contribution in [1.82, 2.24) is 14.7 Å². The molecule has 0 spiro atoms. The Morgan fingerprint density at radius 3 is 2.25 bits per heavy atom. The first kappa shape index (κ1) is 28.4. The van der Waals surface area contributed by atoms with Crippen LogP contribution >= 0.6 is 0 Å². The van der Waals surface area contributed by atoms with E-state index in [1.807, 2.05) is 87.5 Å². The van der Waals surface area contributed by atoms with Gasteiger partial charge in [-0.2, -0.15) is 5.10 Å². The largest absolute Gasteiger partial charge is 0.494 e. The van der Waals surface area contributed by atoms with Crippen LogP contribution in [-0.4, -0.2) is 46.3 Å². The number of carbonyl (C=O) groups is 2. The van der Waals surface area contributed by atoms with Crippen molar-refractivity contribution < 1.29 is 14.3 Å². The van der Waals surface area contributed by atoms with E-state index in [4.69, 9.17) is 9.84 Å². The molecule has 3 amide bonds. The molecule has 208 valence electrons. The van der Waals surface area contributed by atoms with Crippen molar-refractivity contribution in [2.24, 2.45) is 0 Å². The zero-order valence-electron chi connectivity index (χ0n) is 23.6. The summed E-state index contributed by atoms with van der Waals surface area (Å²) in [5, 5.41) is 10.8. The summed E-state index contributed by atoms with van der Waals surface area (Å²) < 4.78 is 7.24. The zero-order chi connectivity index (χ0) is 28.5. The first-order valence-electron chi connectivity index (χ1n) is 13.7. The lowest BCUT2D eigenvalue weighted by Crippen LogP contribution is -2.41. The van der Waals surface area contributed by atoms with E-state index in [1.54, 1.807) is 16.8 Å². The summed E-state index contributed by atoms with van der Waals surface area (Å²) in [7, 11) is 0. The second-order valence-corrected chi connectivity index (χ2v) is 9.63. The van der Waals surface area contributed by atoms with Crippen molar-refractivity contribution in [3.63, 3.8) is 0 Å². The molecular weight excluding hydrogens is 502 g/mol. The fourth-order valence-electron chi connectivity index (χ4n) is 4.42. The molecule has 0 fully saturated rings. The first-order valence-corrected chi connectivity index (χ1v) is 13.7. The van der Waals surface area contributed by atoms with Gasteiger partial charge in [-0.1, -0.05) is 61.4 Å². The van der Waals surface area contributed by atoms with Gasteiger partial charge < -0.3 is 20.3 Å². The summed E-state index contributed by atoms with van der Waals surface area (Å²) in [6.45, 7) is 8.85. The zero-order valence-corrected chi connectivity index (χ0v) is 23.6. The third kappa shape index (κ3) is 7.08. The highest BCUT2D eigenvalue weighted by Crippen LogP contribution is 2.33. The highest BCUT2D eigenvalue weighted by Gasteiger charge is 2.23. The molecule has 8 nitrogen and oxygen atoms in total. The molecule has 0 aliphatic carbocycles. The fraction of sp³-hybridized carbons (Fsp3) is 0.281. The molecule has 0 saturated carbocycles. The van der Waals surface area contributed by atoms with Crippen LogP contribution in [0.5, 0.6) is 5.75 Å². The predicted molar refractivity (Wildman–Crippen MR) is 160 cm³/mol. The molecule has 0 saturated heterocycles. The van der Waals surface area contributed by atoms with Crippen molar-refractivity contribution in [1.29, 1.82) is 0 Å². The second kappa shape index (κ2) is 13.5. The molecule has 0 bridgehead atoms. The number of nitrogens with zero attached hydrogens (tertiary/aromatic N) is 3. The normalized spacial score (nSPS) is 10.7. The molecule has 1 aromatic heterocycles.